The minimum atomic E-state index is 0. The fraction of sp³-hybridized carbons (Fsp3) is 0.250. The SMILES string of the molecule is COc1ccccc1-c1ccccc1CN(C)C.Cl. The predicted octanol–water partition coefficient (Wildman–Crippen LogP) is 3.85. The molecule has 0 heterocycles. The van der Waals surface area contributed by atoms with E-state index in [2.05, 4.69) is 49.3 Å². The van der Waals surface area contributed by atoms with E-state index < -0.39 is 0 Å². The fourth-order valence-corrected chi connectivity index (χ4v) is 2.13. The molecule has 19 heavy (non-hydrogen) atoms. The van der Waals surface area contributed by atoms with Crippen molar-refractivity contribution >= 4 is 12.4 Å². The van der Waals surface area contributed by atoms with Crippen LogP contribution in [0.15, 0.2) is 48.5 Å². The van der Waals surface area contributed by atoms with Crippen LogP contribution in [0.4, 0.5) is 0 Å². The van der Waals surface area contributed by atoms with Gasteiger partial charge in [-0.1, -0.05) is 42.5 Å². The lowest BCUT2D eigenvalue weighted by Crippen LogP contribution is -2.11. The summed E-state index contributed by atoms with van der Waals surface area (Å²) in [4.78, 5) is 2.17. The van der Waals surface area contributed by atoms with Crippen LogP contribution < -0.4 is 4.74 Å². The Morgan fingerprint density at radius 1 is 0.895 bits per heavy atom. The van der Waals surface area contributed by atoms with Gasteiger partial charge in [0.05, 0.1) is 7.11 Å². The summed E-state index contributed by atoms with van der Waals surface area (Å²) in [7, 11) is 5.88. The summed E-state index contributed by atoms with van der Waals surface area (Å²) in [5.41, 5.74) is 3.70. The maximum atomic E-state index is 5.45. The van der Waals surface area contributed by atoms with Gasteiger partial charge in [-0.3, -0.25) is 0 Å². The molecule has 2 rings (SSSR count). The largest absolute Gasteiger partial charge is 0.496 e. The number of rotatable bonds is 4. The number of hydrogen-bond donors (Lipinski definition) is 0. The highest BCUT2D eigenvalue weighted by Crippen LogP contribution is 2.32. The zero-order chi connectivity index (χ0) is 13.0. The number of hydrogen-bond acceptors (Lipinski definition) is 2. The summed E-state index contributed by atoms with van der Waals surface area (Å²) in [6, 6.07) is 16.6. The number of halogens is 1. The average molecular weight is 278 g/mol. The van der Waals surface area contributed by atoms with E-state index in [4.69, 9.17) is 4.74 Å². The summed E-state index contributed by atoms with van der Waals surface area (Å²) in [5, 5.41) is 0. The van der Waals surface area contributed by atoms with Gasteiger partial charge in [0.25, 0.3) is 0 Å². The quantitative estimate of drug-likeness (QED) is 0.842. The first-order valence-electron chi connectivity index (χ1n) is 6.08. The molecule has 0 saturated carbocycles. The van der Waals surface area contributed by atoms with Crippen LogP contribution in [0, 0.1) is 0 Å². The van der Waals surface area contributed by atoms with Crippen molar-refractivity contribution in [2.24, 2.45) is 0 Å². The van der Waals surface area contributed by atoms with Crippen LogP contribution in [-0.2, 0) is 6.54 Å². The van der Waals surface area contributed by atoms with Crippen molar-refractivity contribution in [3.05, 3.63) is 54.1 Å². The van der Waals surface area contributed by atoms with Crippen molar-refractivity contribution in [2.45, 2.75) is 6.54 Å². The Balaban J connectivity index is 0.00000180. The zero-order valence-electron chi connectivity index (χ0n) is 11.6. The molecule has 102 valence electrons. The molecule has 0 atom stereocenters. The Morgan fingerprint density at radius 2 is 1.47 bits per heavy atom. The molecule has 0 spiro atoms. The Bertz CT molecular complexity index is 526. The van der Waals surface area contributed by atoms with E-state index in [1.54, 1.807) is 7.11 Å². The van der Waals surface area contributed by atoms with Crippen LogP contribution in [0.1, 0.15) is 5.56 Å². The normalized spacial score (nSPS) is 10.1. The molecule has 0 unspecified atom stereocenters. The number of methoxy groups -OCH3 is 1. The van der Waals surface area contributed by atoms with Crippen molar-refractivity contribution in [3.8, 4) is 16.9 Å². The minimum Gasteiger partial charge on any atom is -0.496 e. The summed E-state index contributed by atoms with van der Waals surface area (Å²) in [5.74, 6) is 0.920. The van der Waals surface area contributed by atoms with E-state index in [0.717, 1.165) is 17.9 Å². The molecule has 0 amide bonds. The Hall–Kier alpha value is -1.51. The van der Waals surface area contributed by atoms with Crippen LogP contribution in [0.2, 0.25) is 0 Å². The molecule has 2 aromatic carbocycles. The highest BCUT2D eigenvalue weighted by Gasteiger charge is 2.09. The second-order valence-electron chi connectivity index (χ2n) is 4.60. The van der Waals surface area contributed by atoms with Gasteiger partial charge in [0.1, 0.15) is 5.75 Å². The first kappa shape index (κ1) is 15.5. The van der Waals surface area contributed by atoms with Gasteiger partial charge in [-0.25, -0.2) is 0 Å². The van der Waals surface area contributed by atoms with Gasteiger partial charge in [-0.05, 0) is 31.3 Å². The molecule has 0 radical (unpaired) electrons. The Morgan fingerprint density at radius 3 is 2.11 bits per heavy atom. The fourth-order valence-electron chi connectivity index (χ4n) is 2.13. The van der Waals surface area contributed by atoms with Crippen molar-refractivity contribution < 1.29 is 4.74 Å². The van der Waals surface area contributed by atoms with Crippen molar-refractivity contribution in [3.63, 3.8) is 0 Å². The van der Waals surface area contributed by atoms with E-state index in [1.165, 1.54) is 11.1 Å². The molecule has 0 N–H and O–H groups in total. The molecule has 0 aliphatic rings. The maximum Gasteiger partial charge on any atom is 0.126 e. The molecule has 0 saturated heterocycles. The topological polar surface area (TPSA) is 12.5 Å². The van der Waals surface area contributed by atoms with Crippen molar-refractivity contribution in [2.75, 3.05) is 21.2 Å². The first-order valence-corrected chi connectivity index (χ1v) is 6.08. The van der Waals surface area contributed by atoms with Crippen LogP contribution in [0.25, 0.3) is 11.1 Å². The zero-order valence-corrected chi connectivity index (χ0v) is 12.4. The molecule has 2 aromatic rings. The molecule has 0 aromatic heterocycles. The lowest BCUT2D eigenvalue weighted by molar-refractivity contribution is 0.402. The van der Waals surface area contributed by atoms with Crippen LogP contribution >= 0.6 is 12.4 Å². The Labute approximate surface area is 121 Å². The van der Waals surface area contributed by atoms with Crippen molar-refractivity contribution in [1.82, 2.24) is 4.90 Å². The van der Waals surface area contributed by atoms with Gasteiger partial charge in [0.2, 0.25) is 0 Å². The summed E-state index contributed by atoms with van der Waals surface area (Å²) < 4.78 is 5.45. The van der Waals surface area contributed by atoms with Gasteiger partial charge >= 0.3 is 0 Å². The molecular weight excluding hydrogens is 258 g/mol. The standard InChI is InChI=1S/C16H19NO.ClH/c1-17(2)12-13-8-4-5-9-14(13)15-10-6-7-11-16(15)18-3;/h4-11H,12H2,1-3H3;1H. The minimum absolute atomic E-state index is 0. The highest BCUT2D eigenvalue weighted by atomic mass is 35.5. The molecule has 0 aliphatic heterocycles. The van der Waals surface area contributed by atoms with Crippen LogP contribution in [-0.4, -0.2) is 26.1 Å². The van der Waals surface area contributed by atoms with Crippen LogP contribution in [0.5, 0.6) is 5.75 Å². The third-order valence-corrected chi connectivity index (χ3v) is 2.90. The first-order chi connectivity index (χ1) is 8.72. The highest BCUT2D eigenvalue weighted by molar-refractivity contribution is 5.85. The molecule has 3 heteroatoms. The average Bonchev–Trinajstić information content (AvgIpc) is 2.39. The second kappa shape index (κ2) is 7.17. The number of nitrogens with zero attached hydrogens (tertiary/aromatic N) is 1. The summed E-state index contributed by atoms with van der Waals surface area (Å²) in [6.45, 7) is 0.925. The lowest BCUT2D eigenvalue weighted by atomic mass is 9.98. The molecule has 0 aliphatic carbocycles. The van der Waals surface area contributed by atoms with Crippen molar-refractivity contribution in [1.29, 1.82) is 0 Å². The van der Waals surface area contributed by atoms with Gasteiger partial charge in [-0.2, -0.15) is 0 Å². The van der Waals surface area contributed by atoms with Crippen LogP contribution in [0.3, 0.4) is 0 Å². The molecule has 0 fully saturated rings. The van der Waals surface area contributed by atoms with E-state index in [-0.39, 0.29) is 12.4 Å². The number of benzene rings is 2. The van der Waals surface area contributed by atoms with Gasteiger partial charge < -0.3 is 9.64 Å². The second-order valence-corrected chi connectivity index (χ2v) is 4.60. The van der Waals surface area contributed by atoms with E-state index >= 15 is 0 Å². The molecular formula is C16H20ClNO. The monoisotopic (exact) mass is 277 g/mol. The third kappa shape index (κ3) is 3.72. The van der Waals surface area contributed by atoms with Gasteiger partial charge in [-0.15, -0.1) is 12.4 Å². The van der Waals surface area contributed by atoms with Gasteiger partial charge in [0.15, 0.2) is 0 Å². The summed E-state index contributed by atoms with van der Waals surface area (Å²) in [6.07, 6.45) is 0. The van der Waals surface area contributed by atoms with E-state index in [0.29, 0.717) is 0 Å². The molecule has 0 bridgehead atoms. The van der Waals surface area contributed by atoms with E-state index in [9.17, 15) is 0 Å². The summed E-state index contributed by atoms with van der Waals surface area (Å²) >= 11 is 0. The predicted molar refractivity (Wildman–Crippen MR) is 83.1 cm³/mol. The third-order valence-electron chi connectivity index (χ3n) is 2.90. The lowest BCUT2D eigenvalue weighted by Gasteiger charge is -2.16. The van der Waals surface area contributed by atoms with Gasteiger partial charge in [0, 0.05) is 12.1 Å². The number of para-hydroxylation sites is 1. The molecule has 2 nitrogen and oxygen atoms in total. The Kier molecular flexibility index (Phi) is 5.87. The smallest absolute Gasteiger partial charge is 0.126 e. The maximum absolute atomic E-state index is 5.45. The van der Waals surface area contributed by atoms with E-state index in [1.807, 2.05) is 18.2 Å². The number of ether oxygens (including phenoxy) is 1.